The minimum Gasteiger partial charge on any atom is -0.465 e. The second kappa shape index (κ2) is 8.77. The van der Waals surface area contributed by atoms with E-state index in [1.54, 1.807) is 30.3 Å². The summed E-state index contributed by atoms with van der Waals surface area (Å²) >= 11 is 5.73. The number of nitrogens with zero attached hydrogens (tertiary/aromatic N) is 1. The summed E-state index contributed by atoms with van der Waals surface area (Å²) in [4.78, 5) is 33.3. The lowest BCUT2D eigenvalue weighted by atomic mass is 10.1. The van der Waals surface area contributed by atoms with E-state index >= 15 is 0 Å². The molecule has 0 atom stereocenters. The summed E-state index contributed by atoms with van der Waals surface area (Å²) in [6.45, 7) is 0.0192. The molecule has 0 saturated heterocycles. The van der Waals surface area contributed by atoms with Crippen LogP contribution < -0.4 is 0 Å². The molecule has 0 radical (unpaired) electrons. The fourth-order valence-electron chi connectivity index (χ4n) is 2.00. The first-order chi connectivity index (χ1) is 12.4. The largest absolute Gasteiger partial charge is 0.465 e. The molecule has 0 aliphatic carbocycles. The van der Waals surface area contributed by atoms with Crippen molar-refractivity contribution in [2.75, 3.05) is 7.11 Å². The molecule has 26 heavy (non-hydrogen) atoms. The van der Waals surface area contributed by atoms with Gasteiger partial charge in [-0.25, -0.2) is 9.59 Å². The monoisotopic (exact) mass is 375 g/mol. The lowest BCUT2D eigenvalue weighted by Crippen LogP contribution is -2.03. The summed E-state index contributed by atoms with van der Waals surface area (Å²) in [7, 11) is 1.29. The number of methoxy groups -OCH3 is 1. The number of nitro groups is 1. The number of benzene rings is 2. The van der Waals surface area contributed by atoms with Crippen molar-refractivity contribution in [2.24, 2.45) is 0 Å². The van der Waals surface area contributed by atoms with E-state index in [9.17, 15) is 19.7 Å². The van der Waals surface area contributed by atoms with Crippen molar-refractivity contribution in [3.63, 3.8) is 0 Å². The number of nitro benzene ring substituents is 1. The van der Waals surface area contributed by atoms with E-state index in [0.29, 0.717) is 16.7 Å². The van der Waals surface area contributed by atoms with Gasteiger partial charge in [-0.05, 0) is 35.4 Å². The topological polar surface area (TPSA) is 95.7 Å². The molecule has 0 N–H and O–H groups in total. The Kier molecular flexibility index (Phi) is 6.46. The first kappa shape index (κ1) is 19.1. The molecule has 134 valence electrons. The maximum Gasteiger partial charge on any atom is 0.337 e. The SMILES string of the molecule is COC(=O)c1ccc(COC(=O)/C=C/c2ccc(Cl)c([N+](=O)[O-])c2)cc1. The standard InChI is InChI=1S/C18H14ClNO6/c1-25-18(22)14-6-2-13(3-7-14)11-26-17(21)9-5-12-4-8-15(19)16(10-12)20(23)24/h2-10H,11H2,1H3/b9-5+. The molecule has 0 heterocycles. The average molecular weight is 376 g/mol. The van der Waals surface area contributed by atoms with E-state index in [0.717, 1.165) is 6.08 Å². The number of halogens is 1. The molecule has 8 heteroatoms. The van der Waals surface area contributed by atoms with Crippen molar-refractivity contribution >= 4 is 35.3 Å². The van der Waals surface area contributed by atoms with Crippen LogP contribution in [0.5, 0.6) is 0 Å². The molecule has 0 bridgehead atoms. The van der Waals surface area contributed by atoms with Gasteiger partial charge in [-0.15, -0.1) is 0 Å². The number of ether oxygens (including phenoxy) is 2. The highest BCUT2D eigenvalue weighted by atomic mass is 35.5. The number of rotatable bonds is 6. The first-order valence-electron chi connectivity index (χ1n) is 7.36. The molecule has 2 aromatic rings. The zero-order chi connectivity index (χ0) is 19.1. The third-order valence-corrected chi connectivity index (χ3v) is 3.65. The number of esters is 2. The third kappa shape index (κ3) is 5.15. The second-order valence-corrected chi connectivity index (χ2v) is 5.50. The van der Waals surface area contributed by atoms with Crippen LogP contribution in [-0.2, 0) is 20.9 Å². The molecule has 0 aliphatic rings. The van der Waals surface area contributed by atoms with Gasteiger partial charge in [0.05, 0.1) is 17.6 Å². The van der Waals surface area contributed by atoms with Gasteiger partial charge in [0.1, 0.15) is 11.6 Å². The van der Waals surface area contributed by atoms with E-state index in [4.69, 9.17) is 16.3 Å². The molecule has 0 unspecified atom stereocenters. The summed E-state index contributed by atoms with van der Waals surface area (Å²) in [5.74, 6) is -1.06. The van der Waals surface area contributed by atoms with Crippen molar-refractivity contribution in [1.29, 1.82) is 0 Å². The van der Waals surface area contributed by atoms with Gasteiger partial charge < -0.3 is 9.47 Å². The fraction of sp³-hybridized carbons (Fsp3) is 0.111. The minimum absolute atomic E-state index is 0.0186. The summed E-state index contributed by atoms with van der Waals surface area (Å²) < 4.78 is 9.67. The van der Waals surface area contributed by atoms with Crippen LogP contribution in [0.15, 0.2) is 48.5 Å². The Morgan fingerprint density at radius 2 is 1.88 bits per heavy atom. The smallest absolute Gasteiger partial charge is 0.337 e. The predicted octanol–water partition coefficient (Wildman–Crippen LogP) is 3.79. The van der Waals surface area contributed by atoms with Gasteiger partial charge in [-0.2, -0.15) is 0 Å². The highest BCUT2D eigenvalue weighted by Crippen LogP contribution is 2.25. The van der Waals surface area contributed by atoms with Crippen molar-refractivity contribution in [1.82, 2.24) is 0 Å². The Morgan fingerprint density at radius 3 is 2.50 bits per heavy atom. The Bertz CT molecular complexity index is 860. The number of carbonyl (C=O) groups is 2. The van der Waals surface area contributed by atoms with Crippen molar-refractivity contribution in [3.8, 4) is 0 Å². The second-order valence-electron chi connectivity index (χ2n) is 5.10. The van der Waals surface area contributed by atoms with E-state index < -0.39 is 16.9 Å². The van der Waals surface area contributed by atoms with E-state index in [-0.39, 0.29) is 17.3 Å². The van der Waals surface area contributed by atoms with E-state index in [2.05, 4.69) is 4.74 Å². The van der Waals surface area contributed by atoms with Gasteiger partial charge >= 0.3 is 11.9 Å². The predicted molar refractivity (Wildman–Crippen MR) is 94.7 cm³/mol. The highest BCUT2D eigenvalue weighted by molar-refractivity contribution is 6.32. The summed E-state index contributed by atoms with van der Waals surface area (Å²) in [6, 6.07) is 10.6. The maximum absolute atomic E-state index is 11.8. The van der Waals surface area contributed by atoms with Crippen LogP contribution in [-0.4, -0.2) is 24.0 Å². The van der Waals surface area contributed by atoms with E-state index in [1.807, 2.05) is 0 Å². The molecular formula is C18H14ClNO6. The van der Waals surface area contributed by atoms with Gasteiger partial charge in [0.2, 0.25) is 0 Å². The zero-order valence-electron chi connectivity index (χ0n) is 13.7. The summed E-state index contributed by atoms with van der Waals surface area (Å²) in [5, 5.41) is 10.9. The Balaban J connectivity index is 1.94. The quantitative estimate of drug-likeness (QED) is 0.330. The Labute approximate surface area is 153 Å². The molecule has 0 saturated carbocycles. The zero-order valence-corrected chi connectivity index (χ0v) is 14.4. The molecule has 0 aromatic heterocycles. The number of carbonyl (C=O) groups excluding carboxylic acids is 2. The molecule has 0 spiro atoms. The van der Waals surface area contributed by atoms with Gasteiger partial charge in [0.25, 0.3) is 5.69 Å². The van der Waals surface area contributed by atoms with Gasteiger partial charge in [0.15, 0.2) is 0 Å². The lowest BCUT2D eigenvalue weighted by Gasteiger charge is -2.04. The number of hydrogen-bond acceptors (Lipinski definition) is 6. The van der Waals surface area contributed by atoms with Crippen LogP contribution in [0.2, 0.25) is 5.02 Å². The molecular weight excluding hydrogens is 362 g/mol. The molecule has 7 nitrogen and oxygen atoms in total. The Morgan fingerprint density at radius 1 is 1.19 bits per heavy atom. The van der Waals surface area contributed by atoms with E-state index in [1.165, 1.54) is 25.3 Å². The van der Waals surface area contributed by atoms with Crippen molar-refractivity contribution < 1.29 is 24.0 Å². The van der Waals surface area contributed by atoms with Crippen LogP contribution in [0.4, 0.5) is 5.69 Å². The van der Waals surface area contributed by atoms with Crippen LogP contribution in [0.25, 0.3) is 6.08 Å². The minimum atomic E-state index is -0.611. The fourth-order valence-corrected chi connectivity index (χ4v) is 2.18. The third-order valence-electron chi connectivity index (χ3n) is 3.33. The van der Waals surface area contributed by atoms with Crippen molar-refractivity contribution in [2.45, 2.75) is 6.61 Å². The first-order valence-corrected chi connectivity index (χ1v) is 7.74. The summed E-state index contributed by atoms with van der Waals surface area (Å²) in [5.41, 5.74) is 1.29. The lowest BCUT2D eigenvalue weighted by molar-refractivity contribution is -0.384. The summed E-state index contributed by atoms with van der Waals surface area (Å²) in [6.07, 6.45) is 2.56. The van der Waals surface area contributed by atoms with Crippen LogP contribution in [0.1, 0.15) is 21.5 Å². The highest BCUT2D eigenvalue weighted by Gasteiger charge is 2.12. The van der Waals surface area contributed by atoms with Gasteiger partial charge in [0, 0.05) is 12.1 Å². The molecule has 0 aliphatic heterocycles. The molecule has 2 aromatic carbocycles. The maximum atomic E-state index is 11.8. The van der Waals surface area contributed by atoms with Gasteiger partial charge in [-0.3, -0.25) is 10.1 Å². The molecule has 2 rings (SSSR count). The van der Waals surface area contributed by atoms with Crippen LogP contribution in [0, 0.1) is 10.1 Å². The van der Waals surface area contributed by atoms with Crippen LogP contribution in [0.3, 0.4) is 0 Å². The number of hydrogen-bond donors (Lipinski definition) is 0. The molecule has 0 fully saturated rings. The van der Waals surface area contributed by atoms with Gasteiger partial charge in [-0.1, -0.05) is 29.8 Å². The Hall–Kier alpha value is -3.19. The molecule has 0 amide bonds. The van der Waals surface area contributed by atoms with Crippen molar-refractivity contribution in [3.05, 3.63) is 80.4 Å². The normalized spacial score (nSPS) is 10.5. The van der Waals surface area contributed by atoms with Crippen LogP contribution >= 0.6 is 11.6 Å². The average Bonchev–Trinajstić information content (AvgIpc) is 2.65.